The van der Waals surface area contributed by atoms with Crippen LogP contribution in [0.1, 0.15) is 36.5 Å². The number of nitrogens with one attached hydrogen (secondary N) is 2. The minimum Gasteiger partial charge on any atom is -0.326 e. The molecule has 1 aliphatic heterocycles. The van der Waals surface area contributed by atoms with Crippen LogP contribution < -0.4 is 10.6 Å². The summed E-state index contributed by atoms with van der Waals surface area (Å²) in [6.07, 6.45) is 1.67. The van der Waals surface area contributed by atoms with Crippen LogP contribution in [0.2, 0.25) is 0 Å². The first-order chi connectivity index (χ1) is 13.8. The van der Waals surface area contributed by atoms with Gasteiger partial charge < -0.3 is 15.5 Å². The molecule has 29 heavy (non-hydrogen) atoms. The van der Waals surface area contributed by atoms with Crippen LogP contribution in [0.3, 0.4) is 0 Å². The van der Waals surface area contributed by atoms with Gasteiger partial charge in [0.1, 0.15) is 0 Å². The molecule has 2 aromatic rings. The summed E-state index contributed by atoms with van der Waals surface area (Å²) >= 11 is 0. The predicted molar refractivity (Wildman–Crippen MR) is 118 cm³/mol. The molecule has 0 spiro atoms. The Morgan fingerprint density at radius 2 is 1.55 bits per heavy atom. The summed E-state index contributed by atoms with van der Waals surface area (Å²) in [7, 11) is 0. The number of piperidine rings is 1. The standard InChI is InChI=1S/C24H31N3O2/c1-16-5-8-21(9-6-16)25-24(29)27-13-11-20(12-14-27)19(4)23(28)26-22-10-7-17(2)15-18(22)3/h5-10,15,19-20H,11-14H2,1-4H3,(H,25,29)(H,26,28). The first-order valence-corrected chi connectivity index (χ1v) is 10.3. The number of hydrogen-bond acceptors (Lipinski definition) is 2. The molecular formula is C24H31N3O2. The van der Waals surface area contributed by atoms with Gasteiger partial charge in [-0.3, -0.25) is 4.79 Å². The lowest BCUT2D eigenvalue weighted by Crippen LogP contribution is -2.43. The van der Waals surface area contributed by atoms with Crippen LogP contribution in [-0.2, 0) is 4.79 Å². The van der Waals surface area contributed by atoms with E-state index in [0.717, 1.165) is 35.3 Å². The van der Waals surface area contributed by atoms with E-state index < -0.39 is 0 Å². The Balaban J connectivity index is 1.50. The Hall–Kier alpha value is -2.82. The van der Waals surface area contributed by atoms with Crippen molar-refractivity contribution in [3.63, 3.8) is 0 Å². The van der Waals surface area contributed by atoms with Gasteiger partial charge in [-0.15, -0.1) is 0 Å². The van der Waals surface area contributed by atoms with Gasteiger partial charge in [0.25, 0.3) is 0 Å². The van der Waals surface area contributed by atoms with E-state index in [9.17, 15) is 9.59 Å². The van der Waals surface area contributed by atoms with Crippen molar-refractivity contribution in [1.29, 1.82) is 0 Å². The Morgan fingerprint density at radius 1 is 0.931 bits per heavy atom. The molecule has 0 aromatic heterocycles. The average Bonchev–Trinajstić information content (AvgIpc) is 2.71. The molecule has 5 nitrogen and oxygen atoms in total. The number of carbonyl (C=O) groups is 2. The van der Waals surface area contributed by atoms with Crippen molar-refractivity contribution < 1.29 is 9.59 Å². The lowest BCUT2D eigenvalue weighted by atomic mass is 9.85. The highest BCUT2D eigenvalue weighted by atomic mass is 16.2. The minimum atomic E-state index is -0.0852. The first kappa shape index (κ1) is 20.9. The second-order valence-corrected chi connectivity index (χ2v) is 8.22. The van der Waals surface area contributed by atoms with Crippen molar-refractivity contribution in [1.82, 2.24) is 4.90 Å². The average molecular weight is 394 g/mol. The number of amides is 3. The Labute approximate surface area is 173 Å². The highest BCUT2D eigenvalue weighted by molar-refractivity contribution is 5.93. The van der Waals surface area contributed by atoms with E-state index >= 15 is 0 Å². The normalized spacial score (nSPS) is 15.7. The number of urea groups is 1. The summed E-state index contributed by atoms with van der Waals surface area (Å²) in [5.41, 5.74) is 5.11. The van der Waals surface area contributed by atoms with Crippen LogP contribution in [0.25, 0.3) is 0 Å². The second-order valence-electron chi connectivity index (χ2n) is 8.22. The molecule has 3 amide bonds. The van der Waals surface area contributed by atoms with E-state index in [1.807, 2.05) is 69.0 Å². The third-order valence-electron chi connectivity index (χ3n) is 5.89. The van der Waals surface area contributed by atoms with Crippen LogP contribution in [0.15, 0.2) is 42.5 Å². The fourth-order valence-electron chi connectivity index (χ4n) is 3.86. The zero-order valence-electron chi connectivity index (χ0n) is 17.8. The Kier molecular flexibility index (Phi) is 6.57. The zero-order valence-corrected chi connectivity index (χ0v) is 17.8. The molecule has 154 valence electrons. The molecule has 1 aliphatic rings. The maximum Gasteiger partial charge on any atom is 0.321 e. The summed E-state index contributed by atoms with van der Waals surface area (Å²) in [5, 5.41) is 6.03. The minimum absolute atomic E-state index is 0.0551. The second kappa shape index (κ2) is 9.12. The molecule has 1 saturated heterocycles. The molecule has 3 rings (SSSR count). The number of rotatable bonds is 4. The van der Waals surface area contributed by atoms with Crippen LogP contribution in [0.4, 0.5) is 16.2 Å². The van der Waals surface area contributed by atoms with E-state index in [4.69, 9.17) is 0 Å². The molecule has 1 heterocycles. The maximum absolute atomic E-state index is 12.7. The summed E-state index contributed by atoms with van der Waals surface area (Å²) in [6.45, 7) is 9.41. The van der Waals surface area contributed by atoms with Crippen LogP contribution in [0.5, 0.6) is 0 Å². The van der Waals surface area contributed by atoms with Gasteiger partial charge in [0.2, 0.25) is 5.91 Å². The lowest BCUT2D eigenvalue weighted by molar-refractivity contribution is -0.121. The van der Waals surface area contributed by atoms with E-state index in [1.165, 1.54) is 5.56 Å². The number of benzene rings is 2. The van der Waals surface area contributed by atoms with Crippen molar-refractivity contribution in [3.05, 3.63) is 59.2 Å². The van der Waals surface area contributed by atoms with E-state index in [-0.39, 0.29) is 23.8 Å². The van der Waals surface area contributed by atoms with Crippen molar-refractivity contribution in [3.8, 4) is 0 Å². The summed E-state index contributed by atoms with van der Waals surface area (Å²) in [5.74, 6) is 0.252. The van der Waals surface area contributed by atoms with Gasteiger partial charge in [-0.2, -0.15) is 0 Å². The van der Waals surface area contributed by atoms with Crippen LogP contribution in [-0.4, -0.2) is 29.9 Å². The topological polar surface area (TPSA) is 61.4 Å². The van der Waals surface area contributed by atoms with Crippen molar-refractivity contribution in [2.24, 2.45) is 11.8 Å². The van der Waals surface area contributed by atoms with Crippen LogP contribution >= 0.6 is 0 Å². The Morgan fingerprint density at radius 3 is 2.17 bits per heavy atom. The molecular weight excluding hydrogens is 362 g/mol. The van der Waals surface area contributed by atoms with Gasteiger partial charge in [-0.1, -0.05) is 42.3 Å². The lowest BCUT2D eigenvalue weighted by Gasteiger charge is -2.34. The SMILES string of the molecule is Cc1ccc(NC(=O)N2CCC(C(C)C(=O)Nc3ccc(C)cc3C)CC2)cc1. The van der Waals surface area contributed by atoms with Crippen molar-refractivity contribution >= 4 is 23.3 Å². The quantitative estimate of drug-likeness (QED) is 0.756. The number of anilines is 2. The highest BCUT2D eigenvalue weighted by Crippen LogP contribution is 2.27. The van der Waals surface area contributed by atoms with Gasteiger partial charge in [0, 0.05) is 30.4 Å². The molecule has 0 aliphatic carbocycles. The van der Waals surface area contributed by atoms with E-state index in [1.54, 1.807) is 0 Å². The highest BCUT2D eigenvalue weighted by Gasteiger charge is 2.30. The number of nitrogens with zero attached hydrogens (tertiary/aromatic N) is 1. The third-order valence-corrected chi connectivity index (χ3v) is 5.89. The first-order valence-electron chi connectivity index (χ1n) is 10.3. The number of hydrogen-bond donors (Lipinski definition) is 2. The van der Waals surface area contributed by atoms with Gasteiger partial charge in [0.05, 0.1) is 0 Å². The molecule has 0 radical (unpaired) electrons. The molecule has 0 saturated carbocycles. The van der Waals surface area contributed by atoms with Crippen molar-refractivity contribution in [2.75, 3.05) is 23.7 Å². The maximum atomic E-state index is 12.7. The third kappa shape index (κ3) is 5.37. The molecule has 1 fully saturated rings. The number of aryl methyl sites for hydroxylation is 3. The molecule has 5 heteroatoms. The largest absolute Gasteiger partial charge is 0.326 e. The fraction of sp³-hybridized carbons (Fsp3) is 0.417. The van der Waals surface area contributed by atoms with E-state index in [0.29, 0.717) is 13.1 Å². The molecule has 0 bridgehead atoms. The zero-order chi connectivity index (χ0) is 21.0. The smallest absolute Gasteiger partial charge is 0.321 e. The van der Waals surface area contributed by atoms with Crippen LogP contribution in [0, 0.1) is 32.6 Å². The molecule has 1 unspecified atom stereocenters. The molecule has 2 aromatic carbocycles. The fourth-order valence-corrected chi connectivity index (χ4v) is 3.86. The number of likely N-dealkylation sites (tertiary alicyclic amines) is 1. The monoisotopic (exact) mass is 393 g/mol. The van der Waals surface area contributed by atoms with Gasteiger partial charge >= 0.3 is 6.03 Å². The molecule has 2 N–H and O–H groups in total. The Bertz CT molecular complexity index is 868. The summed E-state index contributed by atoms with van der Waals surface area (Å²) < 4.78 is 0. The predicted octanol–water partition coefficient (Wildman–Crippen LogP) is 5.13. The number of carbonyl (C=O) groups excluding carboxylic acids is 2. The van der Waals surface area contributed by atoms with Gasteiger partial charge in [-0.25, -0.2) is 4.79 Å². The van der Waals surface area contributed by atoms with Gasteiger partial charge in [0.15, 0.2) is 0 Å². The molecule has 1 atom stereocenters. The van der Waals surface area contributed by atoms with E-state index in [2.05, 4.69) is 16.7 Å². The van der Waals surface area contributed by atoms with Gasteiger partial charge in [-0.05, 0) is 63.3 Å². The summed E-state index contributed by atoms with van der Waals surface area (Å²) in [6, 6.07) is 13.8. The van der Waals surface area contributed by atoms with Crippen molar-refractivity contribution in [2.45, 2.75) is 40.5 Å². The summed E-state index contributed by atoms with van der Waals surface area (Å²) in [4.78, 5) is 27.1.